The lowest BCUT2D eigenvalue weighted by Gasteiger charge is -2.11. The number of hydrogen-bond acceptors (Lipinski definition) is 4. The molecular weight excluding hydrogens is 216 g/mol. The number of nitrogens with zero attached hydrogens (tertiary/aromatic N) is 1. The van der Waals surface area contributed by atoms with E-state index in [4.69, 9.17) is 10.5 Å². The van der Waals surface area contributed by atoms with Gasteiger partial charge in [0.2, 0.25) is 5.95 Å². The molecule has 0 saturated heterocycles. The van der Waals surface area contributed by atoms with Crippen molar-refractivity contribution in [2.24, 2.45) is 0 Å². The number of aromatic nitrogens is 2. The highest BCUT2D eigenvalue weighted by Gasteiger charge is 2.04. The van der Waals surface area contributed by atoms with Crippen LogP contribution in [0.4, 0.5) is 11.6 Å². The number of hydrogen-bond donors (Lipinski definition) is 3. The smallest absolute Gasteiger partial charge is 0.201 e. The third kappa shape index (κ3) is 2.88. The van der Waals surface area contributed by atoms with E-state index < -0.39 is 0 Å². The van der Waals surface area contributed by atoms with E-state index in [1.807, 2.05) is 32.0 Å². The Labute approximate surface area is 100 Å². The van der Waals surface area contributed by atoms with Crippen molar-refractivity contribution < 1.29 is 4.74 Å². The number of benzene rings is 1. The van der Waals surface area contributed by atoms with Crippen LogP contribution in [-0.4, -0.2) is 29.2 Å². The first-order valence-corrected chi connectivity index (χ1v) is 5.79. The zero-order valence-electron chi connectivity index (χ0n) is 10.2. The summed E-state index contributed by atoms with van der Waals surface area (Å²) in [6, 6.07) is 5.62. The maximum atomic E-state index is 5.71. The third-order valence-electron chi connectivity index (χ3n) is 2.51. The molecule has 0 radical (unpaired) electrons. The van der Waals surface area contributed by atoms with Gasteiger partial charge in [0.1, 0.15) is 0 Å². The van der Waals surface area contributed by atoms with E-state index in [9.17, 15) is 0 Å². The molecule has 2 rings (SSSR count). The van der Waals surface area contributed by atoms with E-state index >= 15 is 0 Å². The number of nitrogens with one attached hydrogen (secondary N) is 2. The molecule has 1 unspecified atom stereocenters. The minimum absolute atomic E-state index is 0.165. The van der Waals surface area contributed by atoms with Gasteiger partial charge in [-0.3, -0.25) is 0 Å². The molecule has 0 bridgehead atoms. The van der Waals surface area contributed by atoms with Crippen molar-refractivity contribution in [1.29, 1.82) is 0 Å². The van der Waals surface area contributed by atoms with Crippen molar-refractivity contribution in [3.63, 3.8) is 0 Å². The SMILES string of the molecule is CCOC(C)CNc1nc2ccc(N)cc2[nH]1. The average molecular weight is 234 g/mol. The van der Waals surface area contributed by atoms with E-state index in [0.29, 0.717) is 0 Å². The summed E-state index contributed by atoms with van der Waals surface area (Å²) in [6.45, 7) is 5.46. The number of ether oxygens (including phenoxy) is 1. The van der Waals surface area contributed by atoms with E-state index in [1.165, 1.54) is 0 Å². The zero-order valence-corrected chi connectivity index (χ0v) is 10.2. The number of rotatable bonds is 5. The van der Waals surface area contributed by atoms with Crippen molar-refractivity contribution in [3.05, 3.63) is 18.2 Å². The molecule has 2 aromatic rings. The minimum atomic E-state index is 0.165. The molecule has 1 aromatic heterocycles. The normalized spacial score (nSPS) is 12.8. The minimum Gasteiger partial charge on any atom is -0.399 e. The number of nitrogens with two attached hydrogens (primary N) is 1. The highest BCUT2D eigenvalue weighted by molar-refractivity contribution is 5.80. The van der Waals surface area contributed by atoms with Crippen molar-refractivity contribution in [2.75, 3.05) is 24.2 Å². The Hall–Kier alpha value is -1.75. The Morgan fingerprint density at radius 1 is 1.53 bits per heavy atom. The largest absolute Gasteiger partial charge is 0.399 e. The maximum Gasteiger partial charge on any atom is 0.201 e. The van der Waals surface area contributed by atoms with Gasteiger partial charge in [0.15, 0.2) is 0 Å². The quantitative estimate of drug-likeness (QED) is 0.691. The van der Waals surface area contributed by atoms with Crippen LogP contribution in [0.3, 0.4) is 0 Å². The first-order chi connectivity index (χ1) is 8.19. The number of fused-ring (bicyclic) bond motifs is 1. The van der Waals surface area contributed by atoms with E-state index in [1.54, 1.807) is 0 Å². The van der Waals surface area contributed by atoms with Crippen LogP contribution >= 0.6 is 0 Å². The monoisotopic (exact) mass is 234 g/mol. The lowest BCUT2D eigenvalue weighted by Crippen LogP contribution is -2.20. The van der Waals surface area contributed by atoms with E-state index in [-0.39, 0.29) is 6.10 Å². The first kappa shape index (κ1) is 11.7. The standard InChI is InChI=1S/C12H18N4O/c1-3-17-8(2)7-14-12-15-10-5-4-9(13)6-11(10)16-12/h4-6,8H,3,7,13H2,1-2H3,(H2,14,15,16). The number of aromatic amines is 1. The van der Waals surface area contributed by atoms with Crippen molar-refractivity contribution >= 4 is 22.7 Å². The molecule has 0 aliphatic heterocycles. The zero-order chi connectivity index (χ0) is 12.3. The molecule has 17 heavy (non-hydrogen) atoms. The molecule has 0 amide bonds. The lowest BCUT2D eigenvalue weighted by atomic mass is 10.3. The molecule has 4 N–H and O–H groups in total. The fourth-order valence-electron chi connectivity index (χ4n) is 1.69. The van der Waals surface area contributed by atoms with Crippen LogP contribution in [0.15, 0.2) is 18.2 Å². The Morgan fingerprint density at radius 3 is 3.12 bits per heavy atom. The van der Waals surface area contributed by atoms with Crippen LogP contribution in [0.25, 0.3) is 11.0 Å². The highest BCUT2D eigenvalue weighted by Crippen LogP contribution is 2.16. The van der Waals surface area contributed by atoms with Gasteiger partial charge >= 0.3 is 0 Å². The van der Waals surface area contributed by atoms with Gasteiger partial charge in [-0.05, 0) is 32.0 Å². The molecule has 0 spiro atoms. The van der Waals surface area contributed by atoms with Gasteiger partial charge in [0, 0.05) is 18.8 Å². The predicted octanol–water partition coefficient (Wildman–Crippen LogP) is 1.98. The number of nitrogen functional groups attached to an aromatic ring is 1. The summed E-state index contributed by atoms with van der Waals surface area (Å²) in [5, 5.41) is 3.21. The van der Waals surface area contributed by atoms with Gasteiger partial charge in [-0.2, -0.15) is 0 Å². The van der Waals surface area contributed by atoms with E-state index in [0.717, 1.165) is 35.8 Å². The van der Waals surface area contributed by atoms with Gasteiger partial charge < -0.3 is 20.8 Å². The van der Waals surface area contributed by atoms with Crippen LogP contribution in [0.2, 0.25) is 0 Å². The topological polar surface area (TPSA) is 76.0 Å². The summed E-state index contributed by atoms with van der Waals surface area (Å²) in [4.78, 5) is 7.58. The Morgan fingerprint density at radius 2 is 2.35 bits per heavy atom. The van der Waals surface area contributed by atoms with Crippen LogP contribution < -0.4 is 11.1 Å². The molecule has 0 fully saturated rings. The summed E-state index contributed by atoms with van der Waals surface area (Å²) in [7, 11) is 0. The average Bonchev–Trinajstić information content (AvgIpc) is 2.68. The summed E-state index contributed by atoms with van der Waals surface area (Å²) in [5.74, 6) is 0.747. The second-order valence-electron chi connectivity index (χ2n) is 4.01. The van der Waals surface area contributed by atoms with Crippen molar-refractivity contribution in [1.82, 2.24) is 9.97 Å². The van der Waals surface area contributed by atoms with Gasteiger partial charge in [-0.25, -0.2) is 4.98 Å². The van der Waals surface area contributed by atoms with Gasteiger partial charge in [-0.1, -0.05) is 0 Å². The summed E-state index contributed by atoms with van der Waals surface area (Å²) in [6.07, 6.45) is 0.165. The first-order valence-electron chi connectivity index (χ1n) is 5.79. The Kier molecular flexibility index (Phi) is 3.49. The maximum absolute atomic E-state index is 5.71. The second-order valence-corrected chi connectivity index (χ2v) is 4.01. The van der Waals surface area contributed by atoms with Gasteiger partial charge in [0.25, 0.3) is 0 Å². The molecular formula is C12H18N4O. The summed E-state index contributed by atoms with van der Waals surface area (Å²) < 4.78 is 5.43. The molecule has 92 valence electrons. The molecule has 1 aromatic carbocycles. The summed E-state index contributed by atoms with van der Waals surface area (Å²) >= 11 is 0. The Bertz CT molecular complexity index is 494. The van der Waals surface area contributed by atoms with Crippen LogP contribution in [0.1, 0.15) is 13.8 Å². The molecule has 5 heteroatoms. The molecule has 1 heterocycles. The summed E-state index contributed by atoms with van der Waals surface area (Å²) in [5.41, 5.74) is 8.29. The fourth-order valence-corrected chi connectivity index (χ4v) is 1.69. The Balaban J connectivity index is 2.04. The fraction of sp³-hybridized carbons (Fsp3) is 0.417. The predicted molar refractivity (Wildman–Crippen MR) is 70.1 cm³/mol. The van der Waals surface area contributed by atoms with E-state index in [2.05, 4.69) is 15.3 Å². The van der Waals surface area contributed by atoms with Gasteiger partial charge in [-0.15, -0.1) is 0 Å². The highest BCUT2D eigenvalue weighted by atomic mass is 16.5. The number of imidazole rings is 1. The second kappa shape index (κ2) is 5.05. The number of H-pyrrole nitrogens is 1. The van der Waals surface area contributed by atoms with Crippen molar-refractivity contribution in [3.8, 4) is 0 Å². The number of anilines is 2. The van der Waals surface area contributed by atoms with Crippen LogP contribution in [0, 0.1) is 0 Å². The van der Waals surface area contributed by atoms with Crippen LogP contribution in [-0.2, 0) is 4.74 Å². The molecule has 0 saturated carbocycles. The van der Waals surface area contributed by atoms with Gasteiger partial charge in [0.05, 0.1) is 17.1 Å². The molecule has 0 aliphatic rings. The van der Waals surface area contributed by atoms with Crippen molar-refractivity contribution in [2.45, 2.75) is 20.0 Å². The molecule has 1 atom stereocenters. The molecule has 0 aliphatic carbocycles. The lowest BCUT2D eigenvalue weighted by molar-refractivity contribution is 0.0854. The third-order valence-corrected chi connectivity index (χ3v) is 2.51. The molecule has 5 nitrogen and oxygen atoms in total. The van der Waals surface area contributed by atoms with Crippen LogP contribution in [0.5, 0.6) is 0 Å².